The summed E-state index contributed by atoms with van der Waals surface area (Å²) in [5.41, 5.74) is 0.492. The molecule has 0 spiro atoms. The third kappa shape index (κ3) is 4.75. The first-order chi connectivity index (χ1) is 16.4. The van der Waals surface area contributed by atoms with Crippen molar-refractivity contribution in [3.63, 3.8) is 0 Å². The lowest BCUT2D eigenvalue weighted by Crippen LogP contribution is -2.42. The number of carbonyl (C=O) groups excluding carboxylic acids is 1. The summed E-state index contributed by atoms with van der Waals surface area (Å²) in [6, 6.07) is 20.6. The molecule has 1 atom stereocenters. The van der Waals surface area contributed by atoms with E-state index < -0.39 is 11.2 Å². The lowest BCUT2D eigenvalue weighted by Gasteiger charge is -2.17. The molecule has 4 aromatic rings. The van der Waals surface area contributed by atoms with E-state index in [4.69, 9.17) is 16.3 Å². The van der Waals surface area contributed by atoms with Crippen LogP contribution in [0.25, 0.3) is 16.6 Å². The molecule has 0 fully saturated rings. The summed E-state index contributed by atoms with van der Waals surface area (Å²) in [5.74, 6) is 0.262. The van der Waals surface area contributed by atoms with E-state index in [0.29, 0.717) is 28.6 Å². The Balaban J connectivity index is 1.77. The standard InChI is InChI=1S/C26H24ClN3O4/c1-3-34-21-12-10-20(11-13-21)30-25(32)22-14-9-19(27)15-23(22)29(26(30)33)16-24(31)28-17(2)18-7-5-4-6-8-18/h4-15,17H,3,16H2,1-2H3,(H,28,31). The van der Waals surface area contributed by atoms with Gasteiger partial charge in [-0.3, -0.25) is 14.2 Å². The number of fused-ring (bicyclic) bond motifs is 1. The van der Waals surface area contributed by atoms with Crippen LogP contribution in [0.2, 0.25) is 5.02 Å². The molecule has 0 aliphatic heterocycles. The van der Waals surface area contributed by atoms with Gasteiger partial charge in [0.1, 0.15) is 12.3 Å². The molecule has 34 heavy (non-hydrogen) atoms. The maximum atomic E-state index is 13.5. The molecule has 174 valence electrons. The molecule has 1 N–H and O–H groups in total. The average Bonchev–Trinajstić information content (AvgIpc) is 2.83. The zero-order valence-electron chi connectivity index (χ0n) is 18.8. The zero-order valence-corrected chi connectivity index (χ0v) is 19.6. The second-order valence-corrected chi connectivity index (χ2v) is 8.23. The number of amides is 1. The third-order valence-electron chi connectivity index (χ3n) is 5.49. The highest BCUT2D eigenvalue weighted by Gasteiger charge is 2.18. The molecule has 0 saturated carbocycles. The maximum absolute atomic E-state index is 13.5. The number of halogens is 1. The van der Waals surface area contributed by atoms with Crippen LogP contribution in [0, 0.1) is 0 Å². The number of rotatable bonds is 7. The van der Waals surface area contributed by atoms with E-state index in [-0.39, 0.29) is 23.9 Å². The summed E-state index contributed by atoms with van der Waals surface area (Å²) in [7, 11) is 0. The number of nitrogens with one attached hydrogen (secondary N) is 1. The fraction of sp³-hybridized carbons (Fsp3) is 0.192. The number of hydrogen-bond acceptors (Lipinski definition) is 4. The van der Waals surface area contributed by atoms with Gasteiger partial charge in [-0.15, -0.1) is 0 Å². The van der Waals surface area contributed by atoms with Crippen LogP contribution in [-0.2, 0) is 11.3 Å². The van der Waals surface area contributed by atoms with Crippen LogP contribution in [0.5, 0.6) is 5.75 Å². The number of nitrogens with zero attached hydrogens (tertiary/aromatic N) is 2. The fourth-order valence-corrected chi connectivity index (χ4v) is 4.00. The molecule has 1 heterocycles. The summed E-state index contributed by atoms with van der Waals surface area (Å²) in [6.07, 6.45) is 0. The monoisotopic (exact) mass is 477 g/mol. The van der Waals surface area contributed by atoms with Crippen LogP contribution in [0.3, 0.4) is 0 Å². The van der Waals surface area contributed by atoms with Crippen LogP contribution in [0.15, 0.2) is 82.4 Å². The van der Waals surface area contributed by atoms with E-state index in [1.165, 1.54) is 10.6 Å². The molecule has 1 unspecified atom stereocenters. The summed E-state index contributed by atoms with van der Waals surface area (Å²) in [4.78, 5) is 39.7. The minimum atomic E-state index is -0.633. The number of aromatic nitrogens is 2. The van der Waals surface area contributed by atoms with Crippen molar-refractivity contribution < 1.29 is 9.53 Å². The molecule has 3 aromatic carbocycles. The van der Waals surface area contributed by atoms with Crippen LogP contribution >= 0.6 is 11.6 Å². The lowest BCUT2D eigenvalue weighted by atomic mass is 10.1. The first-order valence-electron chi connectivity index (χ1n) is 10.9. The van der Waals surface area contributed by atoms with E-state index in [0.717, 1.165) is 10.1 Å². The summed E-state index contributed by atoms with van der Waals surface area (Å²) in [5, 5.41) is 3.55. The minimum absolute atomic E-state index is 0.253. The van der Waals surface area contributed by atoms with E-state index in [2.05, 4.69) is 5.32 Å². The van der Waals surface area contributed by atoms with E-state index in [1.807, 2.05) is 44.2 Å². The molecule has 1 aromatic heterocycles. The third-order valence-corrected chi connectivity index (χ3v) is 5.73. The second-order valence-electron chi connectivity index (χ2n) is 7.80. The Morgan fingerprint density at radius 3 is 2.41 bits per heavy atom. The zero-order chi connectivity index (χ0) is 24.2. The van der Waals surface area contributed by atoms with Gasteiger partial charge in [-0.1, -0.05) is 41.9 Å². The van der Waals surface area contributed by atoms with E-state index in [9.17, 15) is 14.4 Å². The normalized spacial score (nSPS) is 11.9. The molecule has 4 rings (SSSR count). The Kier molecular flexibility index (Phi) is 6.84. The smallest absolute Gasteiger partial charge is 0.336 e. The van der Waals surface area contributed by atoms with Crippen LogP contribution in [0.4, 0.5) is 0 Å². The Morgan fingerprint density at radius 1 is 1.03 bits per heavy atom. The van der Waals surface area contributed by atoms with Gasteiger partial charge in [0.25, 0.3) is 5.56 Å². The van der Waals surface area contributed by atoms with Crippen LogP contribution < -0.4 is 21.3 Å². The Morgan fingerprint density at radius 2 is 1.74 bits per heavy atom. The van der Waals surface area contributed by atoms with Crippen molar-refractivity contribution in [2.75, 3.05) is 6.61 Å². The second kappa shape index (κ2) is 9.97. The summed E-state index contributed by atoms with van der Waals surface area (Å²) >= 11 is 6.16. The van der Waals surface area contributed by atoms with Gasteiger partial charge in [-0.2, -0.15) is 0 Å². The van der Waals surface area contributed by atoms with Crippen LogP contribution in [0.1, 0.15) is 25.5 Å². The highest BCUT2D eigenvalue weighted by Crippen LogP contribution is 2.18. The highest BCUT2D eigenvalue weighted by atomic mass is 35.5. The molecule has 0 bridgehead atoms. The van der Waals surface area contributed by atoms with Gasteiger partial charge in [0.15, 0.2) is 0 Å². The van der Waals surface area contributed by atoms with Gasteiger partial charge in [0.05, 0.1) is 29.2 Å². The van der Waals surface area contributed by atoms with Gasteiger partial charge >= 0.3 is 5.69 Å². The SMILES string of the molecule is CCOc1ccc(-n2c(=O)c3ccc(Cl)cc3n(CC(=O)NC(C)c3ccccc3)c2=O)cc1. The summed E-state index contributed by atoms with van der Waals surface area (Å²) < 4.78 is 7.78. The minimum Gasteiger partial charge on any atom is -0.494 e. The van der Waals surface area contributed by atoms with Crippen LogP contribution in [-0.4, -0.2) is 21.6 Å². The molecule has 8 heteroatoms. The maximum Gasteiger partial charge on any atom is 0.336 e. The van der Waals surface area contributed by atoms with Crippen molar-refractivity contribution in [1.29, 1.82) is 0 Å². The first-order valence-corrected chi connectivity index (χ1v) is 11.3. The molecule has 7 nitrogen and oxygen atoms in total. The first kappa shape index (κ1) is 23.3. The molecule has 0 aliphatic carbocycles. The Hall–Kier alpha value is -3.84. The van der Waals surface area contributed by atoms with Crippen molar-refractivity contribution in [2.45, 2.75) is 26.4 Å². The Labute approximate surface area is 201 Å². The molecule has 0 radical (unpaired) electrons. The quantitative estimate of drug-likeness (QED) is 0.435. The topological polar surface area (TPSA) is 82.3 Å². The van der Waals surface area contributed by atoms with E-state index >= 15 is 0 Å². The van der Waals surface area contributed by atoms with Gasteiger partial charge in [0.2, 0.25) is 5.91 Å². The summed E-state index contributed by atoms with van der Waals surface area (Å²) in [6.45, 7) is 3.96. The molecule has 0 saturated heterocycles. The van der Waals surface area contributed by atoms with Gasteiger partial charge < -0.3 is 10.1 Å². The molecular weight excluding hydrogens is 454 g/mol. The van der Waals surface area contributed by atoms with Crippen molar-refractivity contribution in [3.8, 4) is 11.4 Å². The fourth-order valence-electron chi connectivity index (χ4n) is 3.83. The Bertz CT molecular complexity index is 1440. The number of carbonyl (C=O) groups is 1. The van der Waals surface area contributed by atoms with Gasteiger partial charge in [-0.05, 0) is 61.9 Å². The van der Waals surface area contributed by atoms with Gasteiger partial charge in [-0.25, -0.2) is 9.36 Å². The lowest BCUT2D eigenvalue weighted by molar-refractivity contribution is -0.122. The number of ether oxygens (including phenoxy) is 1. The van der Waals surface area contributed by atoms with Crippen molar-refractivity contribution in [2.24, 2.45) is 0 Å². The van der Waals surface area contributed by atoms with Crippen molar-refractivity contribution >= 4 is 28.4 Å². The van der Waals surface area contributed by atoms with Crippen molar-refractivity contribution in [3.05, 3.63) is 104 Å². The molecule has 1 amide bonds. The largest absolute Gasteiger partial charge is 0.494 e. The molecular formula is C26H24ClN3O4. The predicted molar refractivity (Wildman–Crippen MR) is 133 cm³/mol. The number of benzene rings is 3. The van der Waals surface area contributed by atoms with Crippen molar-refractivity contribution in [1.82, 2.24) is 14.5 Å². The number of hydrogen-bond donors (Lipinski definition) is 1. The van der Waals surface area contributed by atoms with E-state index in [1.54, 1.807) is 36.4 Å². The highest BCUT2D eigenvalue weighted by molar-refractivity contribution is 6.31. The molecule has 0 aliphatic rings. The average molecular weight is 478 g/mol. The van der Waals surface area contributed by atoms with Gasteiger partial charge in [0, 0.05) is 5.02 Å². The predicted octanol–water partition coefficient (Wildman–Crippen LogP) is 4.08.